The lowest BCUT2D eigenvalue weighted by molar-refractivity contribution is 0.475. The van der Waals surface area contributed by atoms with E-state index in [2.05, 4.69) is 66.7 Å². The summed E-state index contributed by atoms with van der Waals surface area (Å²) in [6.07, 6.45) is 2.84. The van der Waals surface area contributed by atoms with Crippen LogP contribution >= 0.6 is 0 Å². The van der Waals surface area contributed by atoms with Crippen LogP contribution < -0.4 is 0 Å². The summed E-state index contributed by atoms with van der Waals surface area (Å²) in [7, 11) is 0. The van der Waals surface area contributed by atoms with Gasteiger partial charge in [0.05, 0.1) is 0 Å². The molecule has 1 aliphatic carbocycles. The van der Waals surface area contributed by atoms with Crippen LogP contribution in [0.25, 0.3) is 11.1 Å². The van der Waals surface area contributed by atoms with Gasteiger partial charge >= 0.3 is 0 Å². The second-order valence-electron chi connectivity index (χ2n) is 7.57. The van der Waals surface area contributed by atoms with Crippen molar-refractivity contribution in [1.82, 2.24) is 0 Å². The predicted octanol–water partition coefficient (Wildman–Crippen LogP) is 6.15. The van der Waals surface area contributed by atoms with Crippen LogP contribution in [-0.2, 0) is 19.3 Å². The van der Waals surface area contributed by atoms with Crippen molar-refractivity contribution in [3.63, 3.8) is 0 Å². The van der Waals surface area contributed by atoms with Crippen molar-refractivity contribution in [3.05, 3.63) is 124 Å². The van der Waals surface area contributed by atoms with E-state index in [-0.39, 0.29) is 0 Å². The molecular formula is C27H22O. The molecule has 5 rings (SSSR count). The standard InChI is InChI=1S/C27H22O/c28-23-13-10-20(11-14-23)16-22-12-15-25-24-9-5-4-8-21(24)18-27(25)26(22)17-19-6-2-1-3-7-19/h1-15,28H,16-18H2. The van der Waals surface area contributed by atoms with Crippen molar-refractivity contribution < 1.29 is 5.11 Å². The third-order valence-corrected chi connectivity index (χ3v) is 5.76. The second-order valence-corrected chi connectivity index (χ2v) is 7.57. The summed E-state index contributed by atoms with van der Waals surface area (Å²) in [5, 5.41) is 9.60. The van der Waals surface area contributed by atoms with Gasteiger partial charge in [-0.15, -0.1) is 0 Å². The minimum atomic E-state index is 0.317. The molecule has 0 fully saturated rings. The molecule has 0 aliphatic heterocycles. The van der Waals surface area contributed by atoms with Crippen molar-refractivity contribution >= 4 is 0 Å². The Labute approximate surface area is 165 Å². The molecule has 0 saturated carbocycles. The number of phenols is 1. The Kier molecular flexibility index (Phi) is 4.21. The highest BCUT2D eigenvalue weighted by atomic mass is 16.3. The first-order chi connectivity index (χ1) is 13.8. The first-order valence-corrected chi connectivity index (χ1v) is 9.82. The fourth-order valence-electron chi connectivity index (χ4n) is 4.34. The Hall–Kier alpha value is -3.32. The molecule has 0 heterocycles. The molecule has 1 heteroatoms. The molecule has 0 unspecified atom stereocenters. The van der Waals surface area contributed by atoms with E-state index in [1.165, 1.54) is 44.5 Å². The van der Waals surface area contributed by atoms with E-state index in [1.54, 1.807) is 12.1 Å². The molecule has 0 aromatic heterocycles. The predicted molar refractivity (Wildman–Crippen MR) is 115 cm³/mol. The highest BCUT2D eigenvalue weighted by Crippen LogP contribution is 2.40. The van der Waals surface area contributed by atoms with Crippen LogP contribution in [0.5, 0.6) is 5.75 Å². The van der Waals surface area contributed by atoms with Gasteiger partial charge in [-0.2, -0.15) is 0 Å². The maximum Gasteiger partial charge on any atom is 0.115 e. The van der Waals surface area contributed by atoms with Crippen molar-refractivity contribution in [1.29, 1.82) is 0 Å². The maximum absolute atomic E-state index is 9.60. The Morgan fingerprint density at radius 2 is 1.32 bits per heavy atom. The van der Waals surface area contributed by atoms with Gasteiger partial charge in [0.2, 0.25) is 0 Å². The SMILES string of the molecule is Oc1ccc(Cc2ccc3c(c2Cc2ccccc2)Cc2ccccc2-3)cc1. The Morgan fingerprint density at radius 3 is 2.14 bits per heavy atom. The van der Waals surface area contributed by atoms with E-state index in [0.29, 0.717) is 5.75 Å². The summed E-state index contributed by atoms with van der Waals surface area (Å²) in [5.41, 5.74) is 11.1. The lowest BCUT2D eigenvalue weighted by Gasteiger charge is -2.16. The van der Waals surface area contributed by atoms with Gasteiger partial charge in [0.15, 0.2) is 0 Å². The van der Waals surface area contributed by atoms with E-state index in [9.17, 15) is 5.11 Å². The molecule has 0 radical (unpaired) electrons. The highest BCUT2D eigenvalue weighted by molar-refractivity contribution is 5.78. The summed E-state index contributed by atoms with van der Waals surface area (Å²) in [6, 6.07) is 31.7. The molecule has 0 bridgehead atoms. The zero-order valence-corrected chi connectivity index (χ0v) is 15.7. The van der Waals surface area contributed by atoms with E-state index in [1.807, 2.05) is 12.1 Å². The third kappa shape index (κ3) is 3.10. The van der Waals surface area contributed by atoms with Crippen molar-refractivity contribution in [2.24, 2.45) is 0 Å². The minimum Gasteiger partial charge on any atom is -0.508 e. The second kappa shape index (κ2) is 7.01. The molecule has 0 atom stereocenters. The number of hydrogen-bond acceptors (Lipinski definition) is 1. The number of phenolic OH excluding ortho intramolecular Hbond substituents is 1. The first-order valence-electron chi connectivity index (χ1n) is 9.82. The van der Waals surface area contributed by atoms with Crippen LogP contribution in [0, 0.1) is 0 Å². The Balaban J connectivity index is 1.60. The smallest absolute Gasteiger partial charge is 0.115 e. The van der Waals surface area contributed by atoms with Crippen molar-refractivity contribution in [2.45, 2.75) is 19.3 Å². The molecule has 4 aromatic rings. The van der Waals surface area contributed by atoms with Crippen LogP contribution in [0.15, 0.2) is 91.0 Å². The van der Waals surface area contributed by atoms with Gasteiger partial charge in [0, 0.05) is 0 Å². The van der Waals surface area contributed by atoms with Gasteiger partial charge < -0.3 is 5.11 Å². The quantitative estimate of drug-likeness (QED) is 0.407. The molecule has 1 aliphatic rings. The van der Waals surface area contributed by atoms with Gasteiger partial charge in [-0.1, -0.05) is 78.9 Å². The van der Waals surface area contributed by atoms with Gasteiger partial charge in [0.1, 0.15) is 5.75 Å². The molecule has 4 aromatic carbocycles. The first kappa shape index (κ1) is 16.8. The lowest BCUT2D eigenvalue weighted by atomic mass is 9.89. The number of hydrogen-bond donors (Lipinski definition) is 1. The van der Waals surface area contributed by atoms with E-state index < -0.39 is 0 Å². The van der Waals surface area contributed by atoms with Crippen LogP contribution in [-0.4, -0.2) is 5.11 Å². The van der Waals surface area contributed by atoms with Crippen molar-refractivity contribution in [3.8, 4) is 16.9 Å². The van der Waals surface area contributed by atoms with E-state index in [4.69, 9.17) is 0 Å². The van der Waals surface area contributed by atoms with Crippen molar-refractivity contribution in [2.75, 3.05) is 0 Å². The Bertz CT molecular complexity index is 1120. The summed E-state index contributed by atoms with van der Waals surface area (Å²) >= 11 is 0. The van der Waals surface area contributed by atoms with Gasteiger partial charge in [-0.05, 0) is 75.9 Å². The van der Waals surface area contributed by atoms with Gasteiger partial charge in [-0.3, -0.25) is 0 Å². The molecule has 0 spiro atoms. The topological polar surface area (TPSA) is 20.2 Å². The third-order valence-electron chi connectivity index (χ3n) is 5.76. The molecule has 1 nitrogen and oxygen atoms in total. The van der Waals surface area contributed by atoms with Crippen LogP contribution in [0.1, 0.15) is 33.4 Å². The van der Waals surface area contributed by atoms with Crippen LogP contribution in [0.3, 0.4) is 0 Å². The highest BCUT2D eigenvalue weighted by Gasteiger charge is 2.22. The maximum atomic E-state index is 9.60. The molecule has 0 saturated heterocycles. The zero-order chi connectivity index (χ0) is 18.9. The van der Waals surface area contributed by atoms with Gasteiger partial charge in [0.25, 0.3) is 0 Å². The molecule has 1 N–H and O–H groups in total. The average molecular weight is 362 g/mol. The van der Waals surface area contributed by atoms with E-state index >= 15 is 0 Å². The molecule has 0 amide bonds. The number of benzene rings is 4. The van der Waals surface area contributed by atoms with Crippen LogP contribution in [0.4, 0.5) is 0 Å². The number of fused-ring (bicyclic) bond motifs is 3. The van der Waals surface area contributed by atoms with Gasteiger partial charge in [-0.25, -0.2) is 0 Å². The minimum absolute atomic E-state index is 0.317. The zero-order valence-electron chi connectivity index (χ0n) is 15.7. The number of rotatable bonds is 4. The summed E-state index contributed by atoms with van der Waals surface area (Å²) in [6.45, 7) is 0. The normalized spacial score (nSPS) is 11.9. The van der Waals surface area contributed by atoms with E-state index in [0.717, 1.165) is 19.3 Å². The largest absolute Gasteiger partial charge is 0.508 e. The summed E-state index contributed by atoms with van der Waals surface area (Å²) in [4.78, 5) is 0. The average Bonchev–Trinajstić information content (AvgIpc) is 3.11. The fraction of sp³-hybridized carbons (Fsp3) is 0.111. The molecular weight excluding hydrogens is 340 g/mol. The monoisotopic (exact) mass is 362 g/mol. The molecule has 28 heavy (non-hydrogen) atoms. The molecule has 136 valence electrons. The fourth-order valence-corrected chi connectivity index (χ4v) is 4.34. The Morgan fingerprint density at radius 1 is 0.607 bits per heavy atom. The summed E-state index contributed by atoms with van der Waals surface area (Å²) in [5.74, 6) is 0.317. The summed E-state index contributed by atoms with van der Waals surface area (Å²) < 4.78 is 0. The lowest BCUT2D eigenvalue weighted by Crippen LogP contribution is -2.02. The number of aromatic hydroxyl groups is 1. The van der Waals surface area contributed by atoms with Crippen LogP contribution in [0.2, 0.25) is 0 Å².